The van der Waals surface area contributed by atoms with Gasteiger partial charge in [-0.1, -0.05) is 24.3 Å². The van der Waals surface area contributed by atoms with Crippen LogP contribution in [0, 0.1) is 17.1 Å². The topological polar surface area (TPSA) is 84.2 Å². The summed E-state index contributed by atoms with van der Waals surface area (Å²) in [6.07, 6.45) is 1.50. The molecule has 0 aliphatic carbocycles. The van der Waals surface area contributed by atoms with E-state index in [-0.39, 0.29) is 23.2 Å². The van der Waals surface area contributed by atoms with Crippen LogP contribution in [-0.2, 0) is 6.54 Å². The number of rotatable bonds is 6. The van der Waals surface area contributed by atoms with E-state index in [1.54, 1.807) is 42.5 Å². The first-order valence-electron chi connectivity index (χ1n) is 8.43. The Morgan fingerprint density at radius 1 is 1.07 bits per heavy atom. The van der Waals surface area contributed by atoms with E-state index in [2.05, 4.69) is 10.3 Å². The van der Waals surface area contributed by atoms with Crippen molar-refractivity contribution in [2.75, 3.05) is 5.32 Å². The summed E-state index contributed by atoms with van der Waals surface area (Å²) in [5.74, 6) is 1.21. The number of nitrogens with zero attached hydrogens (tertiary/aromatic N) is 2. The minimum atomic E-state index is -0.421. The number of halogens is 1. The second-order valence-corrected chi connectivity index (χ2v) is 5.82. The maximum absolute atomic E-state index is 13.7. The minimum Gasteiger partial charge on any atom is -0.459 e. The summed E-state index contributed by atoms with van der Waals surface area (Å²) in [7, 11) is 0. The number of nitrogens with one attached hydrogen (secondary N) is 1. The summed E-state index contributed by atoms with van der Waals surface area (Å²) in [4.78, 5) is 4.11. The summed E-state index contributed by atoms with van der Waals surface area (Å²) in [5.41, 5.74) is 1.06. The maximum atomic E-state index is 13.7. The van der Waals surface area contributed by atoms with Crippen LogP contribution in [0.5, 0.6) is 11.5 Å². The molecule has 138 valence electrons. The first kappa shape index (κ1) is 17.4. The normalized spacial score (nSPS) is 10.4. The van der Waals surface area contributed by atoms with Crippen LogP contribution in [0.15, 0.2) is 75.8 Å². The van der Waals surface area contributed by atoms with Gasteiger partial charge in [0.2, 0.25) is 11.6 Å². The number of hydrogen-bond donors (Lipinski definition) is 1. The molecule has 0 unspecified atom stereocenters. The number of nitriles is 1. The van der Waals surface area contributed by atoms with Crippen LogP contribution in [0.4, 0.5) is 10.3 Å². The Morgan fingerprint density at radius 3 is 2.61 bits per heavy atom. The third-order valence-corrected chi connectivity index (χ3v) is 3.91. The van der Waals surface area contributed by atoms with Gasteiger partial charge in [0.25, 0.3) is 5.89 Å². The third-order valence-electron chi connectivity index (χ3n) is 3.91. The Balaban J connectivity index is 1.43. The fraction of sp³-hybridized carbons (Fsp3) is 0.0476. The Labute approximate surface area is 159 Å². The number of ether oxygens (including phenoxy) is 1. The van der Waals surface area contributed by atoms with Crippen molar-refractivity contribution in [2.45, 2.75) is 6.54 Å². The minimum absolute atomic E-state index is 0.144. The number of para-hydroxylation sites is 1. The van der Waals surface area contributed by atoms with Crippen molar-refractivity contribution < 1.29 is 18.0 Å². The van der Waals surface area contributed by atoms with Crippen LogP contribution in [0.25, 0.3) is 11.7 Å². The lowest BCUT2D eigenvalue weighted by molar-refractivity contribution is 0.442. The van der Waals surface area contributed by atoms with E-state index in [0.29, 0.717) is 18.1 Å². The standard InChI is InChI=1S/C21H14FN3O3/c22-16-4-1-2-5-18(16)27-15-9-7-14(8-10-15)13-24-20-17(12-23)25-21(28-20)19-6-3-11-26-19/h1-11,24H,13H2. The highest BCUT2D eigenvalue weighted by atomic mass is 19.1. The van der Waals surface area contributed by atoms with Crippen molar-refractivity contribution >= 4 is 5.88 Å². The molecule has 2 heterocycles. The predicted octanol–water partition coefficient (Wildman–Crippen LogP) is 5.35. The molecule has 2 aromatic heterocycles. The van der Waals surface area contributed by atoms with Crippen molar-refractivity contribution in [1.29, 1.82) is 5.26 Å². The zero-order valence-corrected chi connectivity index (χ0v) is 14.6. The van der Waals surface area contributed by atoms with Gasteiger partial charge in [0.1, 0.15) is 11.8 Å². The molecule has 0 spiro atoms. The molecule has 28 heavy (non-hydrogen) atoms. The molecule has 0 amide bonds. The van der Waals surface area contributed by atoms with E-state index < -0.39 is 5.82 Å². The number of anilines is 1. The number of hydrogen-bond acceptors (Lipinski definition) is 6. The summed E-state index contributed by atoms with van der Waals surface area (Å²) < 4.78 is 30.0. The van der Waals surface area contributed by atoms with Crippen molar-refractivity contribution in [1.82, 2.24) is 4.98 Å². The third kappa shape index (κ3) is 3.71. The van der Waals surface area contributed by atoms with Gasteiger partial charge in [-0.25, -0.2) is 4.39 Å². The van der Waals surface area contributed by atoms with Gasteiger partial charge in [0.15, 0.2) is 17.3 Å². The van der Waals surface area contributed by atoms with Crippen LogP contribution in [0.3, 0.4) is 0 Å². The molecule has 1 N–H and O–H groups in total. The van der Waals surface area contributed by atoms with Gasteiger partial charge < -0.3 is 18.9 Å². The molecule has 4 aromatic rings. The lowest BCUT2D eigenvalue weighted by Gasteiger charge is -2.08. The first-order chi connectivity index (χ1) is 13.7. The molecular formula is C21H14FN3O3. The lowest BCUT2D eigenvalue weighted by Crippen LogP contribution is -2.00. The Hall–Kier alpha value is -4.05. The molecule has 0 radical (unpaired) electrons. The molecule has 0 aliphatic rings. The summed E-state index contributed by atoms with van der Waals surface area (Å²) in [5, 5.41) is 12.3. The van der Waals surface area contributed by atoms with Crippen LogP contribution < -0.4 is 10.1 Å². The average Bonchev–Trinajstić information content (AvgIpc) is 3.39. The smallest absolute Gasteiger partial charge is 0.266 e. The Morgan fingerprint density at radius 2 is 1.89 bits per heavy atom. The zero-order chi connectivity index (χ0) is 19.3. The molecule has 0 bridgehead atoms. The highest BCUT2D eigenvalue weighted by molar-refractivity contribution is 5.54. The molecule has 0 saturated carbocycles. The van der Waals surface area contributed by atoms with E-state index >= 15 is 0 Å². The summed E-state index contributed by atoms with van der Waals surface area (Å²) in [6, 6.07) is 18.8. The van der Waals surface area contributed by atoms with Gasteiger partial charge in [-0.05, 0) is 42.0 Å². The number of benzene rings is 2. The fourth-order valence-electron chi connectivity index (χ4n) is 2.53. The predicted molar refractivity (Wildman–Crippen MR) is 99.2 cm³/mol. The number of furan rings is 1. The summed E-state index contributed by atoms with van der Waals surface area (Å²) >= 11 is 0. The van der Waals surface area contributed by atoms with Crippen molar-refractivity contribution in [3.05, 3.63) is 84.0 Å². The summed E-state index contributed by atoms with van der Waals surface area (Å²) in [6.45, 7) is 0.404. The Bertz CT molecular complexity index is 1110. The quantitative estimate of drug-likeness (QED) is 0.489. The van der Waals surface area contributed by atoms with E-state index in [0.717, 1.165) is 5.56 Å². The van der Waals surface area contributed by atoms with E-state index in [1.807, 2.05) is 18.2 Å². The van der Waals surface area contributed by atoms with Gasteiger partial charge in [-0.3, -0.25) is 0 Å². The molecule has 2 aromatic carbocycles. The molecule has 0 fully saturated rings. The van der Waals surface area contributed by atoms with Crippen molar-refractivity contribution in [3.63, 3.8) is 0 Å². The first-order valence-corrected chi connectivity index (χ1v) is 8.43. The van der Waals surface area contributed by atoms with Crippen LogP contribution in [0.2, 0.25) is 0 Å². The number of aromatic nitrogens is 1. The monoisotopic (exact) mass is 375 g/mol. The van der Waals surface area contributed by atoms with E-state index in [9.17, 15) is 9.65 Å². The van der Waals surface area contributed by atoms with E-state index in [4.69, 9.17) is 13.6 Å². The average molecular weight is 375 g/mol. The fourth-order valence-corrected chi connectivity index (χ4v) is 2.53. The zero-order valence-electron chi connectivity index (χ0n) is 14.6. The van der Waals surface area contributed by atoms with Gasteiger partial charge in [-0.15, -0.1) is 0 Å². The van der Waals surface area contributed by atoms with Crippen LogP contribution in [-0.4, -0.2) is 4.98 Å². The lowest BCUT2D eigenvalue weighted by atomic mass is 10.2. The van der Waals surface area contributed by atoms with Crippen molar-refractivity contribution in [2.24, 2.45) is 0 Å². The van der Waals surface area contributed by atoms with Crippen LogP contribution in [0.1, 0.15) is 11.3 Å². The van der Waals surface area contributed by atoms with Gasteiger partial charge in [-0.2, -0.15) is 10.2 Å². The largest absolute Gasteiger partial charge is 0.459 e. The van der Waals surface area contributed by atoms with Gasteiger partial charge in [0, 0.05) is 6.54 Å². The van der Waals surface area contributed by atoms with Gasteiger partial charge in [0.05, 0.1) is 6.26 Å². The molecule has 6 nitrogen and oxygen atoms in total. The molecule has 7 heteroatoms. The maximum Gasteiger partial charge on any atom is 0.266 e. The molecular weight excluding hydrogens is 361 g/mol. The van der Waals surface area contributed by atoms with Crippen LogP contribution >= 0.6 is 0 Å². The van der Waals surface area contributed by atoms with Gasteiger partial charge >= 0.3 is 0 Å². The number of oxazole rings is 1. The molecule has 0 saturated heterocycles. The highest BCUT2D eigenvalue weighted by Gasteiger charge is 2.16. The van der Waals surface area contributed by atoms with E-state index in [1.165, 1.54) is 12.3 Å². The Kier molecular flexibility index (Phi) is 4.76. The SMILES string of the molecule is N#Cc1nc(-c2ccco2)oc1NCc1ccc(Oc2ccccc2F)cc1. The highest BCUT2D eigenvalue weighted by Crippen LogP contribution is 2.27. The molecule has 0 atom stereocenters. The second-order valence-electron chi connectivity index (χ2n) is 5.82. The molecule has 0 aliphatic heterocycles. The second kappa shape index (κ2) is 7.68. The molecule has 4 rings (SSSR count). The van der Waals surface area contributed by atoms with Crippen molar-refractivity contribution in [3.8, 4) is 29.2 Å².